The fourth-order valence-corrected chi connectivity index (χ4v) is 5.03. The zero-order chi connectivity index (χ0) is 17.6. The van der Waals surface area contributed by atoms with E-state index in [0.717, 1.165) is 23.1 Å². The molecule has 3 rings (SSSR count). The van der Waals surface area contributed by atoms with Crippen LogP contribution >= 0.6 is 11.6 Å². The summed E-state index contributed by atoms with van der Waals surface area (Å²) in [6, 6.07) is 7.59. The van der Waals surface area contributed by atoms with Crippen molar-refractivity contribution in [1.29, 1.82) is 0 Å². The van der Waals surface area contributed by atoms with Crippen molar-refractivity contribution in [2.45, 2.75) is 37.9 Å². The number of rotatable bonds is 3. The van der Waals surface area contributed by atoms with Gasteiger partial charge in [0, 0.05) is 5.02 Å². The van der Waals surface area contributed by atoms with Crippen LogP contribution in [-0.2, 0) is 10.0 Å². The number of primary sulfonamides is 1. The molecule has 0 saturated heterocycles. The summed E-state index contributed by atoms with van der Waals surface area (Å²) in [7, 11) is -3.79. The summed E-state index contributed by atoms with van der Waals surface area (Å²) in [6.07, 6.45) is 9.18. The Hall–Kier alpha value is -1.36. The van der Waals surface area contributed by atoms with Crippen LogP contribution in [0.3, 0.4) is 0 Å². The van der Waals surface area contributed by atoms with E-state index in [1.807, 2.05) is 36.4 Å². The number of halogens is 1. The van der Waals surface area contributed by atoms with E-state index in [0.29, 0.717) is 17.9 Å². The lowest BCUT2D eigenvalue weighted by Gasteiger charge is -2.32. The molecule has 3 nitrogen and oxygen atoms in total. The molecule has 0 saturated carbocycles. The van der Waals surface area contributed by atoms with Gasteiger partial charge in [0.25, 0.3) is 0 Å². The molecular weight excluding hydrogens is 342 g/mol. The lowest BCUT2D eigenvalue weighted by molar-refractivity contribution is 0.390. The number of benzene rings is 1. The molecule has 0 amide bonds. The minimum Gasteiger partial charge on any atom is -0.228 e. The average Bonchev–Trinajstić information content (AvgIpc) is 2.84. The summed E-state index contributed by atoms with van der Waals surface area (Å²) in [6.45, 7) is 4.32. The molecule has 1 unspecified atom stereocenters. The number of sulfonamides is 1. The van der Waals surface area contributed by atoms with Gasteiger partial charge >= 0.3 is 0 Å². The molecule has 24 heavy (non-hydrogen) atoms. The molecule has 0 spiro atoms. The zero-order valence-corrected chi connectivity index (χ0v) is 15.5. The monoisotopic (exact) mass is 363 g/mol. The highest BCUT2D eigenvalue weighted by molar-refractivity contribution is 7.91. The molecule has 0 fully saturated rings. The van der Waals surface area contributed by atoms with Gasteiger partial charge in [-0.15, -0.1) is 0 Å². The van der Waals surface area contributed by atoms with Crippen LogP contribution in [0.4, 0.5) is 0 Å². The molecule has 0 aliphatic heterocycles. The molecule has 1 aromatic rings. The molecule has 2 aliphatic carbocycles. The van der Waals surface area contributed by atoms with E-state index in [2.05, 4.69) is 13.8 Å². The van der Waals surface area contributed by atoms with Crippen LogP contribution in [0.25, 0.3) is 5.57 Å². The van der Waals surface area contributed by atoms with Crippen molar-refractivity contribution < 1.29 is 8.42 Å². The van der Waals surface area contributed by atoms with Crippen LogP contribution in [-0.4, -0.2) is 13.2 Å². The largest absolute Gasteiger partial charge is 0.228 e. The van der Waals surface area contributed by atoms with E-state index in [9.17, 15) is 8.42 Å². The van der Waals surface area contributed by atoms with Gasteiger partial charge in [0.05, 0.1) is 0 Å². The summed E-state index contributed by atoms with van der Waals surface area (Å²) in [5, 5.41) is 6.38. The highest BCUT2D eigenvalue weighted by Gasteiger charge is 2.48. The molecule has 2 N–H and O–H groups in total. The Bertz CT molecular complexity index is 848. The number of hydrogen-bond donors (Lipinski definition) is 1. The maximum Gasteiger partial charge on any atom is 0.222 e. The highest BCUT2D eigenvalue weighted by Crippen LogP contribution is 2.52. The van der Waals surface area contributed by atoms with Crippen molar-refractivity contribution in [3.8, 4) is 0 Å². The maximum absolute atomic E-state index is 12.6. The molecule has 5 heteroatoms. The van der Waals surface area contributed by atoms with Crippen LogP contribution < -0.4 is 5.14 Å². The van der Waals surface area contributed by atoms with Crippen LogP contribution in [0.15, 0.2) is 54.1 Å². The number of nitrogens with two attached hydrogens (primary N) is 1. The molecule has 0 aromatic heterocycles. The standard InChI is InChI=1S/C19H22ClNO2S/c1-18(2)12-16(14-6-8-15(20)9-7-14)17(13-18)19(24(21,22)23)10-4-3-5-11-19/h3-10H,11-13H2,1-2H3,(H2,21,22,23). The average molecular weight is 364 g/mol. The summed E-state index contributed by atoms with van der Waals surface area (Å²) in [5.41, 5.74) is 3.01. The molecular formula is C19H22ClNO2S. The summed E-state index contributed by atoms with van der Waals surface area (Å²) >= 11 is 6.01. The van der Waals surface area contributed by atoms with Gasteiger partial charge in [0.2, 0.25) is 10.0 Å². The quantitative estimate of drug-likeness (QED) is 0.861. The van der Waals surface area contributed by atoms with Crippen molar-refractivity contribution in [2.24, 2.45) is 10.6 Å². The second kappa shape index (κ2) is 5.87. The van der Waals surface area contributed by atoms with Crippen LogP contribution in [0.5, 0.6) is 0 Å². The van der Waals surface area contributed by atoms with Crippen LogP contribution in [0.2, 0.25) is 5.02 Å². The smallest absolute Gasteiger partial charge is 0.222 e. The predicted molar refractivity (Wildman–Crippen MR) is 100 cm³/mol. The summed E-state index contributed by atoms with van der Waals surface area (Å²) in [4.78, 5) is 0. The van der Waals surface area contributed by atoms with Crippen molar-refractivity contribution >= 4 is 27.2 Å². The van der Waals surface area contributed by atoms with Crippen molar-refractivity contribution in [1.82, 2.24) is 0 Å². The first kappa shape index (κ1) is 17.5. The van der Waals surface area contributed by atoms with Gasteiger partial charge in [-0.25, -0.2) is 13.6 Å². The number of hydrogen-bond acceptors (Lipinski definition) is 2. The lowest BCUT2D eigenvalue weighted by Crippen LogP contribution is -2.44. The molecule has 0 radical (unpaired) electrons. The minimum atomic E-state index is -3.79. The van der Waals surface area contributed by atoms with Gasteiger partial charge in [0.15, 0.2) is 0 Å². The Morgan fingerprint density at radius 3 is 2.29 bits per heavy atom. The highest BCUT2D eigenvalue weighted by atomic mass is 35.5. The molecule has 128 valence electrons. The first-order chi connectivity index (χ1) is 11.1. The SMILES string of the molecule is CC1(C)CC(c2ccc(Cl)cc2)=C(C2(S(N)(=O)=O)C=CC=CC2)C1. The third kappa shape index (κ3) is 2.99. The van der Waals surface area contributed by atoms with Gasteiger partial charge < -0.3 is 0 Å². The third-order valence-electron chi connectivity index (χ3n) is 4.92. The Balaban J connectivity index is 2.23. The molecule has 1 aromatic carbocycles. The van der Waals surface area contributed by atoms with Gasteiger partial charge in [-0.1, -0.05) is 61.9 Å². The fourth-order valence-electron chi connectivity index (χ4n) is 3.77. The molecule has 1 atom stereocenters. The Morgan fingerprint density at radius 2 is 1.75 bits per heavy atom. The van der Waals surface area contributed by atoms with Crippen molar-refractivity contribution in [3.05, 3.63) is 64.7 Å². The van der Waals surface area contributed by atoms with Gasteiger partial charge in [0.1, 0.15) is 4.75 Å². The molecule has 0 bridgehead atoms. The Labute approximate surface area is 148 Å². The first-order valence-corrected chi connectivity index (χ1v) is 9.92. The maximum atomic E-state index is 12.6. The van der Waals surface area contributed by atoms with Gasteiger partial charge in [-0.05, 0) is 53.5 Å². The topological polar surface area (TPSA) is 60.2 Å². The normalized spacial score (nSPS) is 26.2. The fraction of sp³-hybridized carbons (Fsp3) is 0.368. The zero-order valence-electron chi connectivity index (χ0n) is 13.9. The van der Waals surface area contributed by atoms with Crippen LogP contribution in [0.1, 0.15) is 38.7 Å². The van der Waals surface area contributed by atoms with E-state index < -0.39 is 14.8 Å². The van der Waals surface area contributed by atoms with Crippen molar-refractivity contribution in [3.63, 3.8) is 0 Å². The first-order valence-electron chi connectivity index (χ1n) is 8.00. The van der Waals surface area contributed by atoms with Crippen molar-refractivity contribution in [2.75, 3.05) is 0 Å². The van der Waals surface area contributed by atoms with Gasteiger partial charge in [-0.2, -0.15) is 0 Å². The molecule has 0 heterocycles. The van der Waals surface area contributed by atoms with E-state index >= 15 is 0 Å². The summed E-state index contributed by atoms with van der Waals surface area (Å²) < 4.78 is 24.0. The Morgan fingerprint density at radius 1 is 1.08 bits per heavy atom. The third-order valence-corrected chi connectivity index (χ3v) is 6.74. The second-order valence-electron chi connectivity index (χ2n) is 7.41. The van der Waals surface area contributed by atoms with Crippen LogP contribution in [0, 0.1) is 5.41 Å². The second-order valence-corrected chi connectivity index (χ2v) is 9.66. The minimum absolute atomic E-state index is 0.00298. The molecule has 2 aliphatic rings. The van der Waals surface area contributed by atoms with E-state index in [-0.39, 0.29) is 5.41 Å². The number of allylic oxidation sites excluding steroid dienone is 4. The predicted octanol–water partition coefficient (Wildman–Crippen LogP) is 4.46. The van der Waals surface area contributed by atoms with Gasteiger partial charge in [-0.3, -0.25) is 0 Å². The van der Waals surface area contributed by atoms with E-state index in [4.69, 9.17) is 16.7 Å². The van der Waals surface area contributed by atoms with E-state index in [1.165, 1.54) is 0 Å². The summed E-state index contributed by atoms with van der Waals surface area (Å²) in [5.74, 6) is 0. The van der Waals surface area contributed by atoms with E-state index in [1.54, 1.807) is 12.2 Å². The lowest BCUT2D eigenvalue weighted by atomic mass is 9.84. The Kier molecular flexibility index (Phi) is 4.27.